The molecule has 2 heterocycles. The molecule has 2 fully saturated rings. The number of ether oxygens (including phenoxy) is 3. The second-order valence-corrected chi connectivity index (χ2v) is 12.1. The van der Waals surface area contributed by atoms with Crippen molar-refractivity contribution < 1.29 is 29.2 Å². The Morgan fingerprint density at radius 1 is 1.02 bits per heavy atom. The van der Waals surface area contributed by atoms with Gasteiger partial charge in [0.1, 0.15) is 6.61 Å². The minimum Gasteiger partial charge on any atom is -0.445 e. The lowest BCUT2D eigenvalue weighted by atomic mass is 9.84. The second kappa shape index (κ2) is 14.7. The number of alkyl carbamates (subject to hydrolysis) is 1. The molecule has 0 aliphatic carbocycles. The van der Waals surface area contributed by atoms with Crippen LogP contribution in [0.25, 0.3) is 0 Å². The average Bonchev–Trinajstić information content (AvgIpc) is 3.05. The number of benzene rings is 3. The number of piperidine rings is 1. The molecule has 0 saturated carbocycles. The smallest absolute Gasteiger partial charge is 0.407 e. The molecule has 1 amide bonds. The lowest BCUT2D eigenvalue weighted by molar-refractivity contribution is -0.277. The van der Waals surface area contributed by atoms with Gasteiger partial charge in [-0.05, 0) is 47.2 Å². The molecule has 0 radical (unpaired) electrons. The minimum atomic E-state index is -0.873. The van der Waals surface area contributed by atoms with Gasteiger partial charge >= 0.3 is 6.09 Å². The van der Waals surface area contributed by atoms with Crippen molar-refractivity contribution in [2.45, 2.75) is 57.0 Å². The highest BCUT2D eigenvalue weighted by atomic mass is 35.5. The Balaban J connectivity index is 1.28. The number of hydrogen-bond donors (Lipinski definition) is 3. The SMILES string of the molecule is C=CCOC(=O)NCc1ccc(C2OC(CN3CCC(O)(c4ccc(Cl)cc4)CC3)C(C)C(c3ccc(CO)cc3)O2)cc1. The van der Waals surface area contributed by atoms with Gasteiger partial charge in [0.25, 0.3) is 0 Å². The van der Waals surface area contributed by atoms with E-state index in [-0.39, 0.29) is 31.3 Å². The number of nitrogens with zero attached hydrogens (tertiary/aromatic N) is 1. The zero-order chi connectivity index (χ0) is 31.1. The highest BCUT2D eigenvalue weighted by Crippen LogP contribution is 2.42. The molecule has 5 rings (SSSR count). The van der Waals surface area contributed by atoms with Gasteiger partial charge in [-0.25, -0.2) is 4.79 Å². The summed E-state index contributed by atoms with van der Waals surface area (Å²) >= 11 is 6.07. The molecule has 0 bridgehead atoms. The van der Waals surface area contributed by atoms with Gasteiger partial charge in [0.2, 0.25) is 0 Å². The summed E-state index contributed by atoms with van der Waals surface area (Å²) in [4.78, 5) is 14.2. The van der Waals surface area contributed by atoms with Crippen LogP contribution in [0.3, 0.4) is 0 Å². The molecule has 9 heteroatoms. The van der Waals surface area contributed by atoms with Crippen molar-refractivity contribution >= 4 is 17.7 Å². The van der Waals surface area contributed by atoms with Crippen molar-refractivity contribution in [3.05, 3.63) is 118 Å². The number of aliphatic hydroxyl groups excluding tert-OH is 1. The molecule has 8 nitrogen and oxygen atoms in total. The zero-order valence-electron chi connectivity index (χ0n) is 25.0. The van der Waals surface area contributed by atoms with E-state index in [4.69, 9.17) is 25.8 Å². The molecule has 2 saturated heterocycles. The third kappa shape index (κ3) is 7.88. The summed E-state index contributed by atoms with van der Waals surface area (Å²) in [5, 5.41) is 24.3. The van der Waals surface area contributed by atoms with Crippen molar-refractivity contribution in [1.29, 1.82) is 0 Å². The first-order valence-corrected chi connectivity index (χ1v) is 15.5. The molecule has 234 valence electrons. The van der Waals surface area contributed by atoms with Crippen LogP contribution in [0.4, 0.5) is 4.79 Å². The number of halogens is 1. The maximum absolute atomic E-state index is 11.8. The van der Waals surface area contributed by atoms with Crippen LogP contribution in [0.2, 0.25) is 5.02 Å². The third-order valence-corrected chi connectivity index (χ3v) is 8.90. The van der Waals surface area contributed by atoms with E-state index in [9.17, 15) is 15.0 Å². The Bertz CT molecular complexity index is 1370. The Kier molecular flexibility index (Phi) is 10.7. The Morgan fingerprint density at radius 2 is 1.66 bits per heavy atom. The predicted octanol–water partition coefficient (Wildman–Crippen LogP) is 6.02. The van der Waals surface area contributed by atoms with E-state index in [1.807, 2.05) is 72.8 Å². The fourth-order valence-electron chi connectivity index (χ4n) is 5.89. The van der Waals surface area contributed by atoms with Crippen LogP contribution in [0.15, 0.2) is 85.5 Å². The maximum atomic E-state index is 11.8. The van der Waals surface area contributed by atoms with Crippen LogP contribution in [0.1, 0.15) is 60.0 Å². The molecule has 3 aromatic carbocycles. The maximum Gasteiger partial charge on any atom is 0.407 e. The zero-order valence-corrected chi connectivity index (χ0v) is 25.8. The van der Waals surface area contributed by atoms with Gasteiger partial charge in [-0.3, -0.25) is 0 Å². The second-order valence-electron chi connectivity index (χ2n) is 11.6. The van der Waals surface area contributed by atoms with E-state index in [0.717, 1.165) is 40.9 Å². The number of carbonyl (C=O) groups is 1. The highest BCUT2D eigenvalue weighted by molar-refractivity contribution is 6.30. The average molecular weight is 621 g/mol. The minimum absolute atomic E-state index is 0.0137. The summed E-state index contributed by atoms with van der Waals surface area (Å²) in [7, 11) is 0. The van der Waals surface area contributed by atoms with Crippen molar-refractivity contribution in [3.63, 3.8) is 0 Å². The lowest BCUT2D eigenvalue weighted by Gasteiger charge is -2.45. The van der Waals surface area contributed by atoms with Gasteiger partial charge in [-0.2, -0.15) is 0 Å². The van der Waals surface area contributed by atoms with E-state index in [1.165, 1.54) is 6.08 Å². The van der Waals surface area contributed by atoms with Crippen molar-refractivity contribution in [2.24, 2.45) is 5.92 Å². The molecule has 0 spiro atoms. The van der Waals surface area contributed by atoms with Gasteiger partial charge in [-0.15, -0.1) is 0 Å². The molecule has 0 aromatic heterocycles. The quantitative estimate of drug-likeness (QED) is 0.238. The summed E-state index contributed by atoms with van der Waals surface area (Å²) in [6.07, 6.45) is 1.34. The third-order valence-electron chi connectivity index (χ3n) is 8.65. The van der Waals surface area contributed by atoms with E-state index >= 15 is 0 Å². The Labute approximate surface area is 264 Å². The highest BCUT2D eigenvalue weighted by Gasteiger charge is 2.41. The molecule has 4 atom stereocenters. The van der Waals surface area contributed by atoms with Crippen molar-refractivity contribution in [2.75, 3.05) is 26.2 Å². The fourth-order valence-corrected chi connectivity index (χ4v) is 6.02. The molecule has 2 aliphatic heterocycles. The van der Waals surface area contributed by atoms with E-state index in [1.54, 1.807) is 0 Å². The van der Waals surface area contributed by atoms with Crippen LogP contribution < -0.4 is 5.32 Å². The van der Waals surface area contributed by atoms with Crippen LogP contribution in [0.5, 0.6) is 0 Å². The first-order chi connectivity index (χ1) is 21.3. The molecule has 4 unspecified atom stereocenters. The lowest BCUT2D eigenvalue weighted by Crippen LogP contribution is -2.49. The normalized spacial score (nSPS) is 23.5. The number of hydrogen-bond acceptors (Lipinski definition) is 7. The summed E-state index contributed by atoms with van der Waals surface area (Å²) in [5.74, 6) is 0.0494. The number of likely N-dealkylation sites (tertiary alicyclic amines) is 1. The van der Waals surface area contributed by atoms with Crippen LogP contribution in [-0.2, 0) is 33.0 Å². The first-order valence-electron chi connectivity index (χ1n) is 15.1. The number of rotatable bonds is 10. The van der Waals surface area contributed by atoms with Crippen LogP contribution >= 0.6 is 11.6 Å². The molecule has 2 aliphatic rings. The molecule has 3 N–H and O–H groups in total. The predicted molar refractivity (Wildman–Crippen MR) is 169 cm³/mol. The molecular formula is C35H41ClN2O6. The largest absolute Gasteiger partial charge is 0.445 e. The standard InChI is InChI=1S/C35H41ClN2O6/c1-3-20-42-34(40)37-21-25-4-10-28(11-5-25)33-43-31(24(2)32(44-33)27-8-6-26(23-39)7-9-27)22-38-18-16-35(41,17-19-38)29-12-14-30(36)15-13-29/h3-15,24,31-33,39,41H,1,16-23H2,2H3,(H,37,40). The topological polar surface area (TPSA) is 100 Å². The monoisotopic (exact) mass is 620 g/mol. The number of carbonyl (C=O) groups excluding carboxylic acids is 1. The Hall–Kier alpha value is -3.24. The summed E-state index contributed by atoms with van der Waals surface area (Å²) in [6.45, 7) is 8.36. The molecule has 3 aromatic rings. The van der Waals surface area contributed by atoms with Crippen molar-refractivity contribution in [3.8, 4) is 0 Å². The first kappa shape index (κ1) is 32.2. The van der Waals surface area contributed by atoms with E-state index in [2.05, 4.69) is 23.7 Å². The van der Waals surface area contributed by atoms with Gasteiger partial charge in [-0.1, -0.05) is 91.8 Å². The van der Waals surface area contributed by atoms with E-state index < -0.39 is 18.0 Å². The van der Waals surface area contributed by atoms with Gasteiger partial charge in [0.05, 0.1) is 24.4 Å². The number of amides is 1. The van der Waals surface area contributed by atoms with Crippen molar-refractivity contribution in [1.82, 2.24) is 10.2 Å². The van der Waals surface area contributed by atoms with Gasteiger partial charge in [0.15, 0.2) is 6.29 Å². The van der Waals surface area contributed by atoms with Crippen LogP contribution in [-0.4, -0.2) is 53.6 Å². The Morgan fingerprint density at radius 3 is 2.30 bits per heavy atom. The molecule has 44 heavy (non-hydrogen) atoms. The van der Waals surface area contributed by atoms with Gasteiger partial charge in [0, 0.05) is 42.7 Å². The van der Waals surface area contributed by atoms with Crippen LogP contribution in [0, 0.1) is 5.92 Å². The summed E-state index contributed by atoms with van der Waals surface area (Å²) in [5.41, 5.74) is 3.70. The molecular weight excluding hydrogens is 580 g/mol. The summed E-state index contributed by atoms with van der Waals surface area (Å²) in [6, 6.07) is 23.2. The summed E-state index contributed by atoms with van der Waals surface area (Å²) < 4.78 is 18.2. The fraction of sp³-hybridized carbons (Fsp3) is 0.400. The number of aliphatic hydroxyl groups is 2. The number of nitrogens with one attached hydrogen (secondary N) is 1. The van der Waals surface area contributed by atoms with Gasteiger partial charge < -0.3 is 34.6 Å². The van der Waals surface area contributed by atoms with E-state index in [0.29, 0.717) is 31.0 Å².